The Balaban J connectivity index is 0.000000197. The van der Waals surface area contributed by atoms with Gasteiger partial charge in [-0.05, 0) is 304 Å². The van der Waals surface area contributed by atoms with E-state index in [4.69, 9.17) is 0 Å². The second-order valence-corrected chi connectivity index (χ2v) is 39.6. The van der Waals surface area contributed by atoms with Crippen molar-refractivity contribution >= 4 is 64.6 Å². The van der Waals surface area contributed by atoms with Crippen LogP contribution in [0.25, 0.3) is 154 Å². The van der Waals surface area contributed by atoms with Crippen LogP contribution in [0.5, 0.6) is 0 Å². The fraction of sp³-hybridized carbons (Fsp3) is 0.288. The molecular formula is C118H115F9. The molecular weight excluding hydrogens is 1590 g/mol. The number of halogens is 9. The minimum absolute atomic E-state index is 0.000126. The first-order chi connectivity index (χ1) is 59.8. The largest absolute Gasteiger partial charge is 0.397 e. The maximum atomic E-state index is 15.0. The molecule has 0 radical (unpaired) electrons. The first-order valence-corrected chi connectivity index (χ1v) is 44.8. The Kier molecular flexibility index (Phi) is 24.1. The highest BCUT2D eigenvalue weighted by molar-refractivity contribution is 6.36. The predicted molar refractivity (Wildman–Crippen MR) is 522 cm³/mol. The Labute approximate surface area is 744 Å². The summed E-state index contributed by atoms with van der Waals surface area (Å²) >= 11 is 0. The number of alkyl halides is 9. The highest BCUT2D eigenvalue weighted by Gasteiger charge is 2.51. The van der Waals surface area contributed by atoms with Crippen LogP contribution in [-0.4, -0.2) is 18.5 Å². The van der Waals surface area contributed by atoms with E-state index in [0.717, 1.165) is 47.1 Å². The molecule has 0 aliphatic carbocycles. The molecule has 0 aromatic heterocycles. The SMILES string of the molecule is CC(C)(C)c1ccc(-c2c3ccc(C(C)(C)C(F)(F)F)cc3c(-c3ccccc3)c3c(-c4ccc(C(C)(C)C(F)(F)F)cc4)c4ccc(C(C)(C)C(F)(F)F)cc4c(-c4ccccc4)c23)cc1.CC(C)c1ccc(-c2c3ccc(C(C)C)cc3c(-c3ccc(C(C)C)cc3)c3c(-c4ccc(C(C)C)cc4)c4ccc(C(C)C)cc4c(-c4ccc(C(C)C)cc4)c23)cc1. The maximum Gasteiger partial charge on any atom is 0.397 e. The van der Waals surface area contributed by atoms with E-state index in [0.29, 0.717) is 112 Å². The van der Waals surface area contributed by atoms with Gasteiger partial charge < -0.3 is 0 Å². The summed E-state index contributed by atoms with van der Waals surface area (Å²) in [5.41, 5.74) is 17.2. The van der Waals surface area contributed by atoms with Crippen LogP contribution in [0.4, 0.5) is 39.5 Å². The molecule has 0 spiro atoms. The first kappa shape index (κ1) is 90.2. The van der Waals surface area contributed by atoms with Gasteiger partial charge >= 0.3 is 18.5 Å². The van der Waals surface area contributed by atoms with Crippen molar-refractivity contribution in [2.75, 3.05) is 0 Å². The van der Waals surface area contributed by atoms with Crippen molar-refractivity contribution in [3.05, 3.63) is 335 Å². The molecule has 127 heavy (non-hydrogen) atoms. The van der Waals surface area contributed by atoms with Crippen LogP contribution in [0.3, 0.4) is 0 Å². The third kappa shape index (κ3) is 16.6. The van der Waals surface area contributed by atoms with Gasteiger partial charge in [0, 0.05) is 0 Å². The lowest BCUT2D eigenvalue weighted by atomic mass is 9.74. The van der Waals surface area contributed by atoms with Crippen LogP contribution < -0.4 is 0 Å². The van der Waals surface area contributed by atoms with Crippen molar-refractivity contribution in [1.29, 1.82) is 0 Å². The standard InChI is InChI=1S/C60H64.C58H51F9/c1-35(2)41-13-21-45(22-14-41)55-51-31-29-49(39(9)10)33-53(51)58(48-27-19-44(20-28-48)38(7)8)60-56(46-23-15-42(16-24-46)36(3)4)52-32-30-50(40(11)12)34-54(52)57(59(55)60)47-25-17-43(18-26-47)37(5)6;1-52(2,3)38-24-20-36(21-25-38)46-42-30-28-40(54(6,7)57(62,63)64)32-44(42)49(35-18-14-11-15-19-35)51-47(37-22-26-39(27-23-37)53(4,5)56(59,60)61)43-31-29-41(55(8,9)58(65,66)67)33-45(43)48(50(46)51)34-16-12-10-13-17-34/h13-40H,1-12H3;10-33H,1-9H3. The normalized spacial score (nSPS) is 12.9. The molecule has 16 rings (SSSR count). The number of rotatable bonds is 17. The summed E-state index contributed by atoms with van der Waals surface area (Å²) in [6.45, 7) is 40.6. The zero-order valence-corrected chi connectivity index (χ0v) is 76.9. The van der Waals surface area contributed by atoms with E-state index in [1.54, 1.807) is 36.4 Å². The third-order valence-electron chi connectivity index (χ3n) is 27.2. The average Bonchev–Trinajstić information content (AvgIpc) is 0.660. The fourth-order valence-electron chi connectivity index (χ4n) is 18.4. The number of hydrogen-bond acceptors (Lipinski definition) is 0. The molecule has 0 saturated heterocycles. The minimum atomic E-state index is -4.65. The van der Waals surface area contributed by atoms with Gasteiger partial charge in [0.25, 0.3) is 0 Å². The van der Waals surface area contributed by atoms with Crippen molar-refractivity contribution in [2.45, 2.75) is 221 Å². The third-order valence-corrected chi connectivity index (χ3v) is 27.2. The molecule has 16 aromatic rings. The quantitative estimate of drug-likeness (QED) is 0.0630. The van der Waals surface area contributed by atoms with Crippen molar-refractivity contribution in [1.82, 2.24) is 0 Å². The van der Waals surface area contributed by atoms with Crippen LogP contribution in [0, 0.1) is 0 Å². The second-order valence-electron chi connectivity index (χ2n) is 39.6. The maximum absolute atomic E-state index is 15.0. The molecule has 0 amide bonds. The number of fused-ring (bicyclic) bond motifs is 6. The molecule has 0 aliphatic heterocycles. The molecule has 650 valence electrons. The van der Waals surface area contributed by atoms with E-state index < -0.39 is 34.8 Å². The topological polar surface area (TPSA) is 0 Å². The minimum Gasteiger partial charge on any atom is -0.170 e. The summed E-state index contributed by atoms with van der Waals surface area (Å²) in [6, 6.07) is 94.8. The molecule has 0 heterocycles. The Morgan fingerprint density at radius 3 is 0.583 bits per heavy atom. The molecule has 0 nitrogen and oxygen atoms in total. The van der Waals surface area contributed by atoms with Crippen LogP contribution >= 0.6 is 0 Å². The fourth-order valence-corrected chi connectivity index (χ4v) is 18.4. The summed E-state index contributed by atoms with van der Waals surface area (Å²) in [7, 11) is 0. The average molecular weight is 1700 g/mol. The van der Waals surface area contributed by atoms with E-state index >= 15 is 26.3 Å². The van der Waals surface area contributed by atoms with E-state index in [1.807, 2.05) is 84.9 Å². The molecule has 0 bridgehead atoms. The molecule has 9 heteroatoms. The van der Waals surface area contributed by atoms with Gasteiger partial charge in [-0.1, -0.05) is 371 Å². The van der Waals surface area contributed by atoms with Gasteiger partial charge in [0.2, 0.25) is 0 Å². The van der Waals surface area contributed by atoms with Crippen LogP contribution in [0.2, 0.25) is 0 Å². The van der Waals surface area contributed by atoms with Crippen molar-refractivity contribution in [2.24, 2.45) is 0 Å². The van der Waals surface area contributed by atoms with Crippen LogP contribution in [-0.2, 0) is 21.7 Å². The van der Waals surface area contributed by atoms with E-state index in [2.05, 4.69) is 237 Å². The highest BCUT2D eigenvalue weighted by atomic mass is 19.4. The van der Waals surface area contributed by atoms with Crippen molar-refractivity contribution in [3.8, 4) is 89.0 Å². The zero-order chi connectivity index (χ0) is 91.4. The molecule has 0 N–H and O–H groups in total. The summed E-state index contributed by atoms with van der Waals surface area (Å²) in [5, 5.41) is 11.1. The van der Waals surface area contributed by atoms with Gasteiger partial charge in [-0.3, -0.25) is 0 Å². The summed E-state index contributed by atoms with van der Waals surface area (Å²) in [4.78, 5) is 0. The van der Waals surface area contributed by atoms with Crippen LogP contribution in [0.1, 0.15) is 237 Å². The zero-order valence-electron chi connectivity index (χ0n) is 76.9. The lowest BCUT2D eigenvalue weighted by Gasteiger charge is -2.31. The Morgan fingerprint density at radius 2 is 0.354 bits per heavy atom. The summed E-state index contributed by atoms with van der Waals surface area (Å²) in [5.74, 6) is 2.58. The smallest absolute Gasteiger partial charge is 0.170 e. The van der Waals surface area contributed by atoms with E-state index in [1.165, 1.54) is 134 Å². The van der Waals surface area contributed by atoms with Gasteiger partial charge in [-0.25, -0.2) is 0 Å². The van der Waals surface area contributed by atoms with Gasteiger partial charge in [-0.2, -0.15) is 39.5 Å². The number of benzene rings is 16. The molecule has 0 saturated carbocycles. The first-order valence-electron chi connectivity index (χ1n) is 44.8. The summed E-state index contributed by atoms with van der Waals surface area (Å²) in [6.07, 6.45) is -13.9. The van der Waals surface area contributed by atoms with Crippen molar-refractivity contribution < 1.29 is 39.5 Å². The highest BCUT2D eigenvalue weighted by Crippen LogP contribution is 2.59. The Hall–Kier alpha value is -11.6. The van der Waals surface area contributed by atoms with E-state index in [-0.39, 0.29) is 22.1 Å². The molecule has 0 fully saturated rings. The van der Waals surface area contributed by atoms with Crippen LogP contribution in [0.15, 0.2) is 279 Å². The van der Waals surface area contributed by atoms with Gasteiger partial charge in [0.15, 0.2) is 0 Å². The predicted octanol–water partition coefficient (Wildman–Crippen LogP) is 37.2. The second kappa shape index (κ2) is 33.9. The lowest BCUT2D eigenvalue weighted by molar-refractivity contribution is -0.180. The van der Waals surface area contributed by atoms with Gasteiger partial charge in [0.1, 0.15) is 0 Å². The monoisotopic (exact) mass is 1700 g/mol. The van der Waals surface area contributed by atoms with Crippen molar-refractivity contribution in [3.63, 3.8) is 0 Å². The van der Waals surface area contributed by atoms with Gasteiger partial charge in [0.05, 0.1) is 16.2 Å². The number of hydrogen-bond donors (Lipinski definition) is 0. The van der Waals surface area contributed by atoms with Gasteiger partial charge in [-0.15, -0.1) is 0 Å². The molecule has 16 aromatic carbocycles. The molecule has 0 aliphatic rings. The Bertz CT molecular complexity index is 6590. The molecule has 0 atom stereocenters. The van der Waals surface area contributed by atoms with E-state index in [9.17, 15) is 13.2 Å². The molecule has 0 unspecified atom stereocenters. The lowest BCUT2D eigenvalue weighted by Crippen LogP contribution is -2.36. The Morgan fingerprint density at radius 1 is 0.173 bits per heavy atom. The summed E-state index contributed by atoms with van der Waals surface area (Å²) < 4.78 is 134.